The van der Waals surface area contributed by atoms with Crippen molar-refractivity contribution in [3.05, 3.63) is 24.3 Å². The molecule has 19 heavy (non-hydrogen) atoms. The van der Waals surface area contributed by atoms with Crippen LogP contribution in [0.1, 0.15) is 0 Å². The molecule has 2 N–H and O–H groups in total. The molecule has 0 atom stereocenters. The number of carbonyl (C=O) groups excluding carboxylic acids is 1. The molecule has 1 aromatic rings. The third-order valence-electron chi connectivity index (χ3n) is 3.20. The molecule has 6 heteroatoms. The van der Waals surface area contributed by atoms with E-state index in [4.69, 9.17) is 22.7 Å². The molecule has 1 heterocycles. The summed E-state index contributed by atoms with van der Waals surface area (Å²) in [5.74, 6) is 0.328. The summed E-state index contributed by atoms with van der Waals surface area (Å²) in [5, 5.41) is 0. The van der Waals surface area contributed by atoms with E-state index in [9.17, 15) is 4.79 Å². The van der Waals surface area contributed by atoms with E-state index < -0.39 is 5.91 Å². The molecule has 2 rings (SSSR count). The highest BCUT2D eigenvalue weighted by atomic mass is 32.1. The lowest BCUT2D eigenvalue weighted by Gasteiger charge is -2.37. The Hall–Kier alpha value is -1.82. The van der Waals surface area contributed by atoms with Gasteiger partial charge in [-0.1, -0.05) is 24.4 Å². The van der Waals surface area contributed by atoms with Crippen molar-refractivity contribution in [1.29, 1.82) is 0 Å². The standard InChI is InChI=1S/C13H17N3O2S/c1-18-11-5-3-2-4-10(11)15-6-8-16(9-7-15)13(19)12(14)17/h2-5H,6-9H2,1H3,(H2,14,17). The minimum atomic E-state index is -0.527. The quantitative estimate of drug-likeness (QED) is 0.805. The molecule has 0 spiro atoms. The molecule has 0 saturated carbocycles. The molecule has 1 aromatic carbocycles. The molecule has 1 amide bonds. The number of hydrogen-bond donors (Lipinski definition) is 1. The topological polar surface area (TPSA) is 58.8 Å². The van der Waals surface area contributed by atoms with Crippen molar-refractivity contribution in [2.24, 2.45) is 5.73 Å². The van der Waals surface area contributed by atoms with Crippen LogP contribution in [0.5, 0.6) is 5.75 Å². The van der Waals surface area contributed by atoms with Gasteiger partial charge in [0, 0.05) is 26.2 Å². The highest BCUT2D eigenvalue weighted by Crippen LogP contribution is 2.28. The zero-order chi connectivity index (χ0) is 13.8. The van der Waals surface area contributed by atoms with Gasteiger partial charge in [0.2, 0.25) is 0 Å². The normalized spacial score (nSPS) is 15.2. The fourth-order valence-corrected chi connectivity index (χ4v) is 2.38. The zero-order valence-electron chi connectivity index (χ0n) is 10.8. The number of ether oxygens (including phenoxy) is 1. The molecule has 0 bridgehead atoms. The van der Waals surface area contributed by atoms with E-state index in [1.54, 1.807) is 7.11 Å². The zero-order valence-corrected chi connectivity index (χ0v) is 11.7. The van der Waals surface area contributed by atoms with E-state index in [2.05, 4.69) is 4.90 Å². The monoisotopic (exact) mass is 279 g/mol. The van der Waals surface area contributed by atoms with Crippen LogP contribution in [0.15, 0.2) is 24.3 Å². The number of anilines is 1. The molecular formula is C13H17N3O2S. The van der Waals surface area contributed by atoms with Crippen molar-refractivity contribution in [2.45, 2.75) is 0 Å². The predicted octanol–water partition coefficient (Wildman–Crippen LogP) is 0.630. The number of benzene rings is 1. The van der Waals surface area contributed by atoms with E-state index in [0.717, 1.165) is 24.5 Å². The van der Waals surface area contributed by atoms with E-state index in [0.29, 0.717) is 13.1 Å². The van der Waals surface area contributed by atoms with Gasteiger partial charge in [-0.25, -0.2) is 0 Å². The molecule has 1 aliphatic rings. The molecule has 0 aromatic heterocycles. The Morgan fingerprint density at radius 3 is 2.47 bits per heavy atom. The smallest absolute Gasteiger partial charge is 0.276 e. The van der Waals surface area contributed by atoms with Crippen LogP contribution in [-0.2, 0) is 4.79 Å². The van der Waals surface area contributed by atoms with Crippen molar-refractivity contribution in [3.63, 3.8) is 0 Å². The maximum Gasteiger partial charge on any atom is 0.276 e. The molecule has 1 fully saturated rings. The molecule has 5 nitrogen and oxygen atoms in total. The van der Waals surface area contributed by atoms with Crippen molar-refractivity contribution in [2.75, 3.05) is 38.2 Å². The van der Waals surface area contributed by atoms with Gasteiger partial charge >= 0.3 is 0 Å². The number of methoxy groups -OCH3 is 1. The SMILES string of the molecule is COc1ccccc1N1CCN(C(=S)C(N)=O)CC1. The number of amides is 1. The number of primary amides is 1. The first kappa shape index (κ1) is 13.6. The number of nitrogens with two attached hydrogens (primary N) is 1. The van der Waals surface area contributed by atoms with Crippen LogP contribution in [0.3, 0.4) is 0 Å². The average molecular weight is 279 g/mol. The van der Waals surface area contributed by atoms with Gasteiger partial charge in [0.1, 0.15) is 5.75 Å². The summed E-state index contributed by atoms with van der Waals surface area (Å²) in [6.07, 6.45) is 0. The molecule has 1 saturated heterocycles. The minimum Gasteiger partial charge on any atom is -0.495 e. The van der Waals surface area contributed by atoms with Gasteiger partial charge in [-0.2, -0.15) is 0 Å². The maximum absolute atomic E-state index is 11.1. The minimum absolute atomic E-state index is 0.222. The van der Waals surface area contributed by atoms with E-state index in [1.807, 2.05) is 29.2 Å². The number of rotatable bonds is 2. The van der Waals surface area contributed by atoms with Crippen molar-refractivity contribution in [3.8, 4) is 5.75 Å². The average Bonchev–Trinajstić information content (AvgIpc) is 2.46. The second kappa shape index (κ2) is 5.88. The predicted molar refractivity (Wildman–Crippen MR) is 78.6 cm³/mol. The fourth-order valence-electron chi connectivity index (χ4n) is 2.20. The Labute approximate surface area is 117 Å². The maximum atomic E-state index is 11.1. The largest absolute Gasteiger partial charge is 0.495 e. The summed E-state index contributed by atoms with van der Waals surface area (Å²) in [6, 6.07) is 7.90. The third-order valence-corrected chi connectivity index (χ3v) is 3.66. The lowest BCUT2D eigenvalue weighted by atomic mass is 10.2. The Balaban J connectivity index is 2.04. The van der Waals surface area contributed by atoms with Crippen LogP contribution in [0.25, 0.3) is 0 Å². The molecular weight excluding hydrogens is 262 g/mol. The first-order valence-electron chi connectivity index (χ1n) is 6.10. The molecule has 0 radical (unpaired) electrons. The third kappa shape index (κ3) is 2.96. The van der Waals surface area contributed by atoms with Gasteiger partial charge in [0.15, 0.2) is 4.99 Å². The second-order valence-corrected chi connectivity index (χ2v) is 4.70. The molecule has 102 valence electrons. The summed E-state index contributed by atoms with van der Waals surface area (Å²) in [4.78, 5) is 15.4. The van der Waals surface area contributed by atoms with E-state index in [1.165, 1.54) is 0 Å². The van der Waals surface area contributed by atoms with Gasteiger partial charge in [-0.3, -0.25) is 4.79 Å². The Bertz CT molecular complexity index is 485. The van der Waals surface area contributed by atoms with Crippen molar-refractivity contribution in [1.82, 2.24) is 4.90 Å². The summed E-state index contributed by atoms with van der Waals surface area (Å²) in [5.41, 5.74) is 6.27. The van der Waals surface area contributed by atoms with Gasteiger partial charge in [-0.15, -0.1) is 0 Å². The second-order valence-electron chi connectivity index (χ2n) is 4.32. The summed E-state index contributed by atoms with van der Waals surface area (Å²) >= 11 is 5.01. The van der Waals surface area contributed by atoms with Gasteiger partial charge in [-0.05, 0) is 12.1 Å². The van der Waals surface area contributed by atoms with Crippen LogP contribution < -0.4 is 15.4 Å². The molecule has 0 aliphatic carbocycles. The summed E-state index contributed by atoms with van der Waals surface area (Å²) < 4.78 is 5.36. The van der Waals surface area contributed by atoms with Gasteiger partial charge < -0.3 is 20.3 Å². The number of para-hydroxylation sites is 2. The first-order valence-corrected chi connectivity index (χ1v) is 6.51. The van der Waals surface area contributed by atoms with E-state index >= 15 is 0 Å². The Morgan fingerprint density at radius 2 is 1.89 bits per heavy atom. The van der Waals surface area contributed by atoms with Crippen LogP contribution in [0.2, 0.25) is 0 Å². The number of hydrogen-bond acceptors (Lipinski definition) is 4. The fraction of sp³-hybridized carbons (Fsp3) is 0.385. The Morgan fingerprint density at radius 1 is 1.26 bits per heavy atom. The van der Waals surface area contributed by atoms with Crippen LogP contribution in [0.4, 0.5) is 5.69 Å². The van der Waals surface area contributed by atoms with Gasteiger partial charge in [0.05, 0.1) is 12.8 Å². The number of thiocarbonyl (C=S) groups is 1. The number of piperazine rings is 1. The highest BCUT2D eigenvalue weighted by Gasteiger charge is 2.22. The number of nitrogens with zero attached hydrogens (tertiary/aromatic N) is 2. The van der Waals surface area contributed by atoms with Gasteiger partial charge in [0.25, 0.3) is 5.91 Å². The summed E-state index contributed by atoms with van der Waals surface area (Å²) in [7, 11) is 1.66. The van der Waals surface area contributed by atoms with Crippen LogP contribution >= 0.6 is 12.2 Å². The van der Waals surface area contributed by atoms with Crippen molar-refractivity contribution >= 4 is 28.8 Å². The van der Waals surface area contributed by atoms with Crippen LogP contribution in [0, 0.1) is 0 Å². The number of carbonyl (C=O) groups is 1. The molecule has 0 unspecified atom stereocenters. The van der Waals surface area contributed by atoms with Crippen molar-refractivity contribution < 1.29 is 9.53 Å². The lowest BCUT2D eigenvalue weighted by Crippen LogP contribution is -2.51. The summed E-state index contributed by atoms with van der Waals surface area (Å²) in [6.45, 7) is 2.96. The molecule has 1 aliphatic heterocycles. The highest BCUT2D eigenvalue weighted by molar-refractivity contribution is 7.81. The Kier molecular flexibility index (Phi) is 4.21. The van der Waals surface area contributed by atoms with E-state index in [-0.39, 0.29) is 4.99 Å². The lowest BCUT2D eigenvalue weighted by molar-refractivity contribution is -0.112. The first-order chi connectivity index (χ1) is 9.13. The van der Waals surface area contributed by atoms with Crippen LogP contribution in [-0.4, -0.2) is 49.1 Å².